The van der Waals surface area contributed by atoms with Crippen LogP contribution in [0.2, 0.25) is 0 Å². The first-order chi connectivity index (χ1) is 15.2. The highest BCUT2D eigenvalue weighted by atomic mass is 19.2. The second-order valence-electron chi connectivity index (χ2n) is 9.33. The average molecular weight is 448 g/mol. The van der Waals surface area contributed by atoms with Gasteiger partial charge >= 0.3 is 0 Å². The number of pyridine rings is 1. The molecule has 1 amide bonds. The molecule has 1 spiro atoms. The molecule has 2 aliphatic rings. The normalized spacial score (nSPS) is 20.5. The lowest BCUT2D eigenvalue weighted by atomic mass is 9.86. The number of amides is 1. The number of halogens is 3. The molecule has 2 aromatic rings. The van der Waals surface area contributed by atoms with Gasteiger partial charge in [-0.05, 0) is 51.0 Å². The molecule has 0 saturated carbocycles. The van der Waals surface area contributed by atoms with E-state index in [4.69, 9.17) is 4.74 Å². The second-order valence-corrected chi connectivity index (χ2v) is 9.33. The molecule has 1 aromatic carbocycles. The molecule has 2 saturated heterocycles. The number of hydrogen-bond donors (Lipinski definition) is 0. The van der Waals surface area contributed by atoms with E-state index in [0.717, 1.165) is 19.2 Å². The molecule has 5 nitrogen and oxygen atoms in total. The van der Waals surface area contributed by atoms with Gasteiger partial charge in [0, 0.05) is 38.8 Å². The van der Waals surface area contributed by atoms with E-state index in [0.29, 0.717) is 44.6 Å². The largest absolute Gasteiger partial charge is 0.365 e. The summed E-state index contributed by atoms with van der Waals surface area (Å²) in [6.07, 6.45) is 3.50. The maximum Gasteiger partial charge on any atom is 0.257 e. The smallest absolute Gasteiger partial charge is 0.257 e. The predicted octanol–water partition coefficient (Wildman–Crippen LogP) is 3.83. The fourth-order valence-corrected chi connectivity index (χ4v) is 4.81. The summed E-state index contributed by atoms with van der Waals surface area (Å²) in [6.45, 7) is 6.60. The van der Waals surface area contributed by atoms with E-state index in [-0.39, 0.29) is 11.4 Å². The van der Waals surface area contributed by atoms with Crippen LogP contribution in [0.4, 0.5) is 13.2 Å². The zero-order valence-electron chi connectivity index (χ0n) is 18.4. The summed E-state index contributed by atoms with van der Waals surface area (Å²) in [5.74, 6) is -2.97. The van der Waals surface area contributed by atoms with Crippen LogP contribution in [0.15, 0.2) is 36.5 Å². The van der Waals surface area contributed by atoms with Crippen molar-refractivity contribution in [2.24, 2.45) is 0 Å². The van der Waals surface area contributed by atoms with Gasteiger partial charge in [-0.25, -0.2) is 13.2 Å². The van der Waals surface area contributed by atoms with Crippen LogP contribution in [0.3, 0.4) is 0 Å². The van der Waals surface area contributed by atoms with Crippen LogP contribution < -0.4 is 0 Å². The van der Waals surface area contributed by atoms with E-state index in [1.54, 1.807) is 17.2 Å². The fourth-order valence-electron chi connectivity index (χ4n) is 4.81. The van der Waals surface area contributed by atoms with Crippen LogP contribution in [0.25, 0.3) is 0 Å². The van der Waals surface area contributed by atoms with Gasteiger partial charge in [0.05, 0.1) is 29.0 Å². The molecular weight excluding hydrogens is 419 g/mol. The minimum absolute atomic E-state index is 0.257. The van der Waals surface area contributed by atoms with Crippen LogP contribution >= 0.6 is 0 Å². The SMILES string of the molecule is CC1(C)CN(C(=O)c2cccc(F)c2F)CC2(CCN(CCc3ncccc3F)CC2)O1. The molecule has 1 aromatic heterocycles. The van der Waals surface area contributed by atoms with Gasteiger partial charge in [-0.15, -0.1) is 0 Å². The summed E-state index contributed by atoms with van der Waals surface area (Å²) < 4.78 is 48.2. The average Bonchev–Trinajstić information content (AvgIpc) is 2.75. The first-order valence-corrected chi connectivity index (χ1v) is 10.9. The molecule has 2 fully saturated rings. The van der Waals surface area contributed by atoms with Gasteiger partial charge in [0.25, 0.3) is 5.91 Å². The predicted molar refractivity (Wildman–Crippen MR) is 114 cm³/mol. The standard InChI is InChI=1S/C24H28F3N3O2/c1-23(2)15-30(22(31)17-5-3-6-19(26)21(17)27)16-24(32-23)9-13-29(14-10-24)12-8-20-18(25)7-4-11-28-20/h3-7,11H,8-10,12-16H2,1-2H3. The Morgan fingerprint density at radius 1 is 1.06 bits per heavy atom. The Morgan fingerprint density at radius 2 is 1.78 bits per heavy atom. The summed E-state index contributed by atoms with van der Waals surface area (Å²) in [7, 11) is 0. The molecule has 0 atom stereocenters. The summed E-state index contributed by atoms with van der Waals surface area (Å²) >= 11 is 0. The third-order valence-corrected chi connectivity index (χ3v) is 6.28. The lowest BCUT2D eigenvalue weighted by molar-refractivity contribution is -0.205. The Morgan fingerprint density at radius 3 is 2.50 bits per heavy atom. The fraction of sp³-hybridized carbons (Fsp3) is 0.500. The summed E-state index contributed by atoms with van der Waals surface area (Å²) in [4.78, 5) is 21.0. The number of likely N-dealkylation sites (tertiary alicyclic amines) is 1. The van der Waals surface area contributed by atoms with Crippen LogP contribution in [0.1, 0.15) is 42.7 Å². The third kappa shape index (κ3) is 4.81. The van der Waals surface area contributed by atoms with Crippen molar-refractivity contribution in [1.82, 2.24) is 14.8 Å². The quantitative estimate of drug-likeness (QED) is 0.715. The van der Waals surface area contributed by atoms with Crippen LogP contribution in [-0.2, 0) is 11.2 Å². The number of rotatable bonds is 4. The van der Waals surface area contributed by atoms with Gasteiger partial charge in [-0.3, -0.25) is 9.78 Å². The highest BCUT2D eigenvalue weighted by molar-refractivity contribution is 5.94. The van der Waals surface area contributed by atoms with Crippen LogP contribution in [0.5, 0.6) is 0 Å². The Kier molecular flexibility index (Phi) is 6.27. The van der Waals surface area contributed by atoms with Gasteiger partial charge < -0.3 is 14.5 Å². The monoisotopic (exact) mass is 447 g/mol. The van der Waals surface area contributed by atoms with E-state index >= 15 is 0 Å². The molecule has 172 valence electrons. The second kappa shape index (κ2) is 8.83. The molecule has 0 aliphatic carbocycles. The Balaban J connectivity index is 1.42. The lowest BCUT2D eigenvalue weighted by Crippen LogP contribution is -2.63. The number of piperidine rings is 1. The number of morpholine rings is 1. The van der Waals surface area contributed by atoms with E-state index in [2.05, 4.69) is 9.88 Å². The molecule has 32 heavy (non-hydrogen) atoms. The highest BCUT2D eigenvalue weighted by Crippen LogP contribution is 2.37. The number of aromatic nitrogens is 1. The van der Waals surface area contributed by atoms with Crippen molar-refractivity contribution in [1.29, 1.82) is 0 Å². The van der Waals surface area contributed by atoms with E-state index < -0.39 is 28.7 Å². The number of nitrogens with zero attached hydrogens (tertiary/aromatic N) is 3. The van der Waals surface area contributed by atoms with Crippen molar-refractivity contribution in [2.75, 3.05) is 32.7 Å². The highest BCUT2D eigenvalue weighted by Gasteiger charge is 2.47. The summed E-state index contributed by atoms with van der Waals surface area (Å²) in [5.41, 5.74) is -0.963. The lowest BCUT2D eigenvalue weighted by Gasteiger charge is -2.53. The Labute approximate surface area is 186 Å². The number of carbonyl (C=O) groups excluding carboxylic acids is 1. The molecule has 2 aliphatic heterocycles. The van der Waals surface area contributed by atoms with Crippen molar-refractivity contribution >= 4 is 5.91 Å². The van der Waals surface area contributed by atoms with Crippen molar-refractivity contribution in [3.63, 3.8) is 0 Å². The number of carbonyl (C=O) groups is 1. The minimum atomic E-state index is -1.12. The van der Waals surface area contributed by atoms with Crippen LogP contribution in [0, 0.1) is 17.5 Å². The molecule has 0 N–H and O–H groups in total. The molecule has 0 unspecified atom stereocenters. The molecule has 4 rings (SSSR count). The summed E-state index contributed by atoms with van der Waals surface area (Å²) in [5, 5.41) is 0. The zero-order valence-corrected chi connectivity index (χ0v) is 18.4. The maximum absolute atomic E-state index is 14.2. The number of benzene rings is 1. The van der Waals surface area contributed by atoms with Gasteiger partial charge in [0.2, 0.25) is 0 Å². The maximum atomic E-state index is 14.2. The Bertz CT molecular complexity index is 990. The minimum Gasteiger partial charge on any atom is -0.365 e. The first-order valence-electron chi connectivity index (χ1n) is 10.9. The van der Waals surface area contributed by atoms with E-state index in [1.807, 2.05) is 13.8 Å². The van der Waals surface area contributed by atoms with Gasteiger partial charge in [-0.1, -0.05) is 6.07 Å². The third-order valence-electron chi connectivity index (χ3n) is 6.28. The van der Waals surface area contributed by atoms with Gasteiger partial charge in [-0.2, -0.15) is 0 Å². The van der Waals surface area contributed by atoms with Gasteiger partial charge in [0.1, 0.15) is 5.82 Å². The Hall–Kier alpha value is -2.45. The number of ether oxygens (including phenoxy) is 1. The van der Waals surface area contributed by atoms with Crippen molar-refractivity contribution < 1.29 is 22.7 Å². The molecular formula is C24H28F3N3O2. The molecule has 8 heteroatoms. The van der Waals surface area contributed by atoms with E-state index in [1.165, 1.54) is 18.2 Å². The topological polar surface area (TPSA) is 45.7 Å². The number of hydrogen-bond acceptors (Lipinski definition) is 4. The van der Waals surface area contributed by atoms with Crippen molar-refractivity contribution in [3.8, 4) is 0 Å². The van der Waals surface area contributed by atoms with Crippen LogP contribution in [-0.4, -0.2) is 64.6 Å². The van der Waals surface area contributed by atoms with Gasteiger partial charge in [0.15, 0.2) is 11.6 Å². The summed E-state index contributed by atoms with van der Waals surface area (Å²) in [6, 6.07) is 6.65. The van der Waals surface area contributed by atoms with Crippen molar-refractivity contribution in [3.05, 3.63) is 65.2 Å². The van der Waals surface area contributed by atoms with E-state index in [9.17, 15) is 18.0 Å². The molecule has 0 bridgehead atoms. The molecule has 3 heterocycles. The molecule has 0 radical (unpaired) electrons. The zero-order chi connectivity index (χ0) is 22.9. The van der Waals surface area contributed by atoms with Crippen molar-refractivity contribution in [2.45, 2.75) is 44.3 Å². The first kappa shape index (κ1) is 22.7.